The fourth-order valence-electron chi connectivity index (χ4n) is 9.92. The summed E-state index contributed by atoms with van der Waals surface area (Å²) in [6, 6.07) is 77.8. The zero-order chi connectivity index (χ0) is 49.5. The Bertz CT molecular complexity index is 3230. The quantitative estimate of drug-likeness (QED) is 0.107. The van der Waals surface area contributed by atoms with E-state index in [1.807, 2.05) is 0 Å². The molecule has 2 aliphatic rings. The Morgan fingerprint density at radius 2 is 0.689 bits per heavy atom. The summed E-state index contributed by atoms with van der Waals surface area (Å²) in [4.78, 5) is 0. The molecule has 0 heterocycles. The maximum absolute atomic E-state index is 2.42. The third-order valence-electron chi connectivity index (χ3n) is 13.8. The van der Waals surface area contributed by atoms with Gasteiger partial charge in [-0.2, -0.15) is 0 Å². The summed E-state index contributed by atoms with van der Waals surface area (Å²) in [6.45, 7) is 4.52. The molecule has 2 aliphatic carbocycles. The van der Waals surface area contributed by atoms with Crippen LogP contribution >= 0.6 is 0 Å². The molecule has 12 rings (SSSR count). The fraction of sp³-hybridized carbons (Fsp3) is 0.143. The van der Waals surface area contributed by atoms with Crippen molar-refractivity contribution in [3.05, 3.63) is 287 Å². The number of halogens is 2. The van der Waals surface area contributed by atoms with Gasteiger partial charge in [-0.1, -0.05) is 157 Å². The molecule has 0 saturated carbocycles. The molecule has 0 saturated heterocycles. The molecule has 0 unspecified atom stereocenters. The van der Waals surface area contributed by atoms with Crippen LogP contribution in [0, 0.1) is 0 Å². The average molecular weight is 1160 g/mol. The van der Waals surface area contributed by atoms with Crippen LogP contribution in [0.15, 0.2) is 254 Å². The van der Waals surface area contributed by atoms with Crippen molar-refractivity contribution in [3.63, 3.8) is 0 Å². The zero-order valence-electron chi connectivity index (χ0n) is 42.5. The van der Waals surface area contributed by atoms with Gasteiger partial charge in [0, 0.05) is 0 Å². The number of allylic oxidation sites excluding steroid dienone is 8. The standard InChI is InChI=1S/2C22H21.2C13H10.2ClH.2Zr/c2*1-2-3-7-16-12-13-18(14-16)20-10-6-11-21-19-9-5-4-8-17(19)15-22(20)21;2*1-3-7-12(8-4-1)11-13-9-5-2-6-10-13;;;;/h2*4-6,8-12,14-15H,2-3,7,13H2,1H3;2*1-10H;2*1H;;/q2*-1;;;;;;/p-2. The van der Waals surface area contributed by atoms with Crippen molar-refractivity contribution in [2.45, 2.75) is 65.2 Å². The Labute approximate surface area is 481 Å². The Kier molecular flexibility index (Phi) is 21.6. The van der Waals surface area contributed by atoms with E-state index in [9.17, 15) is 0 Å². The predicted molar refractivity (Wildman–Crippen MR) is 307 cm³/mol. The molecular weight excluding hydrogens is 1090 g/mol. The molecular formula is C70H62Cl2Zr2-4. The van der Waals surface area contributed by atoms with Crippen molar-refractivity contribution in [1.29, 1.82) is 0 Å². The molecule has 10 aromatic rings. The SMILES string of the molecule is CCCCC1=CCC(c2cccc3c2[cH-]c2ccccc23)=C1.CCCCC1=CCC(c2cccc3c2[cH-]c2ccccc23)=C1.[Cl-].[Cl-].[Zr]=[C](c1ccccc1)c1ccccc1.[Zr]=[C](c1ccccc1)c1ccccc1. The summed E-state index contributed by atoms with van der Waals surface area (Å²) < 4.78 is 2.83. The van der Waals surface area contributed by atoms with Crippen molar-refractivity contribution in [3.8, 4) is 0 Å². The van der Waals surface area contributed by atoms with Gasteiger partial charge >= 0.3 is 198 Å². The molecule has 0 amide bonds. The van der Waals surface area contributed by atoms with Gasteiger partial charge in [-0.25, -0.2) is 0 Å². The summed E-state index contributed by atoms with van der Waals surface area (Å²) in [5.41, 5.74) is 14.1. The first-order valence-corrected chi connectivity index (χ1v) is 28.3. The van der Waals surface area contributed by atoms with Gasteiger partial charge < -0.3 is 24.8 Å². The van der Waals surface area contributed by atoms with Gasteiger partial charge in [0.2, 0.25) is 0 Å². The van der Waals surface area contributed by atoms with Crippen LogP contribution in [0.3, 0.4) is 0 Å². The van der Waals surface area contributed by atoms with Crippen LogP contribution in [0.2, 0.25) is 0 Å². The number of hydrogen-bond donors (Lipinski definition) is 0. The Morgan fingerprint density at radius 3 is 1.03 bits per heavy atom. The maximum atomic E-state index is 2.42. The minimum atomic E-state index is 0. The predicted octanol–water partition coefficient (Wildman–Crippen LogP) is 12.8. The van der Waals surface area contributed by atoms with Crippen LogP contribution in [0.4, 0.5) is 0 Å². The Balaban J connectivity index is 0.000000146. The van der Waals surface area contributed by atoms with Crippen LogP contribution in [0.5, 0.6) is 0 Å². The number of unbranched alkanes of at least 4 members (excludes halogenated alkanes) is 2. The Morgan fingerprint density at radius 1 is 0.378 bits per heavy atom. The summed E-state index contributed by atoms with van der Waals surface area (Å²) >= 11 is 2.92. The first-order valence-electron chi connectivity index (χ1n) is 25.8. The van der Waals surface area contributed by atoms with E-state index in [0.717, 1.165) is 12.8 Å². The van der Waals surface area contributed by atoms with Crippen LogP contribution in [-0.4, -0.2) is 6.41 Å². The minimum absolute atomic E-state index is 0. The molecule has 0 radical (unpaired) electrons. The molecule has 0 fully saturated rings. The number of rotatable bonds is 12. The fourth-order valence-corrected chi connectivity index (χ4v) is 11.6. The van der Waals surface area contributed by atoms with Crippen LogP contribution in [0.25, 0.3) is 54.2 Å². The van der Waals surface area contributed by atoms with Gasteiger partial charge in [-0.15, -0.1) is 67.4 Å². The summed E-state index contributed by atoms with van der Waals surface area (Å²) in [5.74, 6) is 0. The first kappa shape index (κ1) is 56.3. The second-order valence-electron chi connectivity index (χ2n) is 18.7. The van der Waals surface area contributed by atoms with E-state index in [4.69, 9.17) is 0 Å². The third kappa shape index (κ3) is 14.1. The molecule has 74 heavy (non-hydrogen) atoms. The molecule has 368 valence electrons. The summed E-state index contributed by atoms with van der Waals surface area (Å²) in [6.07, 6.45) is 19.4. The van der Waals surface area contributed by atoms with Crippen LogP contribution in [0.1, 0.15) is 98.6 Å². The molecule has 4 heteroatoms. The van der Waals surface area contributed by atoms with E-state index in [-0.39, 0.29) is 24.8 Å². The number of benzene rings is 8. The van der Waals surface area contributed by atoms with Crippen LogP contribution in [-0.2, 0) is 48.5 Å². The van der Waals surface area contributed by atoms with Crippen molar-refractivity contribution >= 4 is 60.6 Å². The van der Waals surface area contributed by atoms with Crippen molar-refractivity contribution in [2.75, 3.05) is 0 Å². The topological polar surface area (TPSA) is 0 Å². The van der Waals surface area contributed by atoms with E-state index < -0.39 is 0 Å². The van der Waals surface area contributed by atoms with Crippen LogP contribution < -0.4 is 24.8 Å². The van der Waals surface area contributed by atoms with Gasteiger partial charge in [-0.3, -0.25) is 0 Å². The monoisotopic (exact) mass is 1150 g/mol. The average Bonchev–Trinajstić information content (AvgIpc) is 4.29. The molecule has 0 atom stereocenters. The normalized spacial score (nSPS) is 12.3. The van der Waals surface area contributed by atoms with Crippen molar-refractivity contribution in [1.82, 2.24) is 0 Å². The second kappa shape index (κ2) is 28.4. The van der Waals surface area contributed by atoms with E-state index >= 15 is 0 Å². The second-order valence-corrected chi connectivity index (χ2v) is 21.2. The van der Waals surface area contributed by atoms with E-state index in [1.54, 1.807) is 0 Å². The molecule has 0 bridgehead atoms. The number of fused-ring (bicyclic) bond motifs is 6. The van der Waals surface area contributed by atoms with E-state index in [1.165, 1.54) is 192 Å². The van der Waals surface area contributed by atoms with E-state index in [0.29, 0.717) is 0 Å². The summed E-state index contributed by atoms with van der Waals surface area (Å²) in [7, 11) is 0. The van der Waals surface area contributed by atoms with Crippen molar-refractivity contribution in [2.24, 2.45) is 0 Å². The van der Waals surface area contributed by atoms with E-state index in [2.05, 4.69) is 257 Å². The van der Waals surface area contributed by atoms with Gasteiger partial charge in [0.15, 0.2) is 0 Å². The molecule has 0 aromatic heterocycles. The molecule has 10 aromatic carbocycles. The molecule has 0 spiro atoms. The summed E-state index contributed by atoms with van der Waals surface area (Å²) in [5, 5.41) is 11.0. The van der Waals surface area contributed by atoms with Gasteiger partial charge in [0.1, 0.15) is 0 Å². The molecule has 0 aliphatic heterocycles. The third-order valence-corrected chi connectivity index (χ3v) is 16.6. The van der Waals surface area contributed by atoms with Gasteiger partial charge in [-0.05, 0) is 38.5 Å². The first-order chi connectivity index (χ1) is 35.5. The zero-order valence-corrected chi connectivity index (χ0v) is 48.9. The Hall–Kier alpha value is -5.45. The van der Waals surface area contributed by atoms with Gasteiger partial charge in [0.05, 0.1) is 0 Å². The molecule has 0 N–H and O–H groups in total. The van der Waals surface area contributed by atoms with Gasteiger partial charge in [0.25, 0.3) is 0 Å². The molecule has 0 nitrogen and oxygen atoms in total. The van der Waals surface area contributed by atoms with Crippen molar-refractivity contribution < 1.29 is 73.3 Å². The number of hydrogen-bond acceptors (Lipinski definition) is 0.